The van der Waals surface area contributed by atoms with Crippen LogP contribution in [-0.2, 0) is 9.53 Å². The number of ether oxygens (including phenoxy) is 1. The minimum absolute atomic E-state index is 0.178. The fourth-order valence-corrected chi connectivity index (χ4v) is 1.41. The maximum Gasteiger partial charge on any atom is 0.336 e. The summed E-state index contributed by atoms with van der Waals surface area (Å²) in [6.07, 6.45) is -1.66. The molecule has 19 heavy (non-hydrogen) atoms. The van der Waals surface area contributed by atoms with E-state index in [1.54, 1.807) is 12.1 Å². The van der Waals surface area contributed by atoms with Gasteiger partial charge in [0.15, 0.2) is 6.17 Å². The lowest BCUT2D eigenvalue weighted by Crippen LogP contribution is -2.14. The van der Waals surface area contributed by atoms with Crippen molar-refractivity contribution in [3.8, 4) is 6.07 Å². The first kappa shape index (κ1) is 14.9. The molecule has 1 aromatic carbocycles. The van der Waals surface area contributed by atoms with Crippen molar-refractivity contribution in [2.24, 2.45) is 5.92 Å². The molecule has 0 bridgehead atoms. The van der Waals surface area contributed by atoms with E-state index in [9.17, 15) is 9.18 Å². The molecule has 0 saturated carbocycles. The van der Waals surface area contributed by atoms with Gasteiger partial charge in [0.1, 0.15) is 0 Å². The first-order chi connectivity index (χ1) is 8.95. The lowest BCUT2D eigenvalue weighted by molar-refractivity contribution is -0.140. The molecule has 0 aliphatic carbocycles. The lowest BCUT2D eigenvalue weighted by Gasteiger charge is -2.12. The van der Waals surface area contributed by atoms with Crippen molar-refractivity contribution < 1.29 is 13.9 Å². The average Bonchev–Trinajstić information content (AvgIpc) is 2.43. The molecule has 3 nitrogen and oxygen atoms in total. The molecule has 100 valence electrons. The van der Waals surface area contributed by atoms with E-state index in [4.69, 9.17) is 10.00 Å². The molecule has 0 aromatic heterocycles. The zero-order valence-electron chi connectivity index (χ0n) is 11.0. The number of nitrogens with zero attached hydrogens (tertiary/aromatic N) is 1. The molecule has 1 aromatic rings. The van der Waals surface area contributed by atoms with Crippen LogP contribution in [0.3, 0.4) is 0 Å². The molecule has 0 N–H and O–H groups in total. The van der Waals surface area contributed by atoms with Gasteiger partial charge in [-0.25, -0.2) is 9.18 Å². The van der Waals surface area contributed by atoms with Crippen molar-refractivity contribution in [1.82, 2.24) is 0 Å². The van der Waals surface area contributed by atoms with Gasteiger partial charge in [-0.1, -0.05) is 32.6 Å². The third-order valence-electron chi connectivity index (χ3n) is 2.42. The van der Waals surface area contributed by atoms with Crippen LogP contribution in [0.1, 0.15) is 31.1 Å². The molecule has 0 heterocycles. The van der Waals surface area contributed by atoms with Gasteiger partial charge in [0.05, 0.1) is 23.8 Å². The Hall–Kier alpha value is -2.15. The van der Waals surface area contributed by atoms with Crippen molar-refractivity contribution in [1.29, 1.82) is 5.26 Å². The number of rotatable bonds is 5. The molecular formula is C15H16FNO2. The standard InChI is InChI=1S/C15H16FNO2/c1-10(2)9-19-15(18)11(3)14(16)13-6-4-5-12(7-13)8-17/h4-7,10,14H,3,9H2,1-2H3. The number of carbonyl (C=O) groups excluding carboxylic acids is 1. The van der Waals surface area contributed by atoms with Crippen LogP contribution in [0.25, 0.3) is 0 Å². The molecule has 0 fully saturated rings. The van der Waals surface area contributed by atoms with Gasteiger partial charge >= 0.3 is 5.97 Å². The molecule has 0 saturated heterocycles. The van der Waals surface area contributed by atoms with Gasteiger partial charge in [-0.05, 0) is 23.6 Å². The van der Waals surface area contributed by atoms with Crippen LogP contribution in [0, 0.1) is 17.2 Å². The Morgan fingerprint density at radius 1 is 1.53 bits per heavy atom. The summed E-state index contributed by atoms with van der Waals surface area (Å²) in [6.45, 7) is 7.43. The second-order valence-corrected chi connectivity index (χ2v) is 4.62. The summed E-state index contributed by atoms with van der Waals surface area (Å²) in [5.41, 5.74) is 0.310. The molecule has 0 radical (unpaired) electrons. The second-order valence-electron chi connectivity index (χ2n) is 4.62. The van der Waals surface area contributed by atoms with Crippen molar-refractivity contribution in [2.75, 3.05) is 6.61 Å². The monoisotopic (exact) mass is 261 g/mol. The number of esters is 1. The molecule has 0 aliphatic heterocycles. The number of benzene rings is 1. The number of hydrogen-bond donors (Lipinski definition) is 0. The van der Waals surface area contributed by atoms with Crippen LogP contribution in [-0.4, -0.2) is 12.6 Å². The molecule has 4 heteroatoms. The Morgan fingerprint density at radius 2 is 2.21 bits per heavy atom. The summed E-state index contributed by atoms with van der Waals surface area (Å²) in [5, 5.41) is 8.75. The van der Waals surface area contributed by atoms with Gasteiger partial charge in [-0.15, -0.1) is 0 Å². The lowest BCUT2D eigenvalue weighted by atomic mass is 10.0. The summed E-state index contributed by atoms with van der Waals surface area (Å²) in [4.78, 5) is 11.6. The minimum Gasteiger partial charge on any atom is -0.462 e. The SMILES string of the molecule is C=C(C(=O)OCC(C)C)C(F)c1cccc(C#N)c1. The maximum atomic E-state index is 14.1. The molecule has 1 rings (SSSR count). The zero-order valence-corrected chi connectivity index (χ0v) is 11.0. The number of alkyl halides is 1. The van der Waals surface area contributed by atoms with Crippen molar-refractivity contribution >= 4 is 5.97 Å². The number of halogens is 1. The van der Waals surface area contributed by atoms with Crippen LogP contribution in [0.2, 0.25) is 0 Å². The van der Waals surface area contributed by atoms with Gasteiger partial charge < -0.3 is 4.74 Å². The van der Waals surface area contributed by atoms with Gasteiger partial charge in [-0.3, -0.25) is 0 Å². The summed E-state index contributed by atoms with van der Waals surface area (Å²) in [7, 11) is 0. The van der Waals surface area contributed by atoms with Gasteiger partial charge in [0.2, 0.25) is 0 Å². The number of carbonyl (C=O) groups is 1. The van der Waals surface area contributed by atoms with Gasteiger partial charge in [0, 0.05) is 0 Å². The molecule has 0 aliphatic rings. The summed E-state index contributed by atoms with van der Waals surface area (Å²) in [6, 6.07) is 7.95. The van der Waals surface area contributed by atoms with E-state index in [1.165, 1.54) is 12.1 Å². The highest BCUT2D eigenvalue weighted by atomic mass is 19.1. The molecule has 1 unspecified atom stereocenters. The highest BCUT2D eigenvalue weighted by Crippen LogP contribution is 2.26. The topological polar surface area (TPSA) is 50.1 Å². The van der Waals surface area contributed by atoms with E-state index in [1.807, 2.05) is 19.9 Å². The molecule has 0 amide bonds. The predicted octanol–water partition coefficient (Wildman–Crippen LogP) is 3.32. The first-order valence-corrected chi connectivity index (χ1v) is 5.95. The van der Waals surface area contributed by atoms with E-state index in [0.29, 0.717) is 5.56 Å². The van der Waals surface area contributed by atoms with Crippen molar-refractivity contribution in [3.63, 3.8) is 0 Å². The summed E-state index contributed by atoms with van der Waals surface area (Å²) >= 11 is 0. The fraction of sp³-hybridized carbons (Fsp3) is 0.333. The zero-order chi connectivity index (χ0) is 14.4. The van der Waals surface area contributed by atoms with Crippen LogP contribution in [0.5, 0.6) is 0 Å². The third kappa shape index (κ3) is 4.22. The Morgan fingerprint density at radius 3 is 2.79 bits per heavy atom. The second kappa shape index (κ2) is 6.69. The Labute approximate surface area is 112 Å². The highest BCUT2D eigenvalue weighted by molar-refractivity contribution is 5.89. The molecule has 0 spiro atoms. The number of nitriles is 1. The van der Waals surface area contributed by atoms with Gasteiger partial charge in [-0.2, -0.15) is 5.26 Å². The fourth-order valence-electron chi connectivity index (χ4n) is 1.41. The van der Waals surface area contributed by atoms with Crippen molar-refractivity contribution in [2.45, 2.75) is 20.0 Å². The summed E-state index contributed by atoms with van der Waals surface area (Å²) < 4.78 is 19.0. The van der Waals surface area contributed by atoms with Crippen molar-refractivity contribution in [3.05, 3.63) is 47.5 Å². The average molecular weight is 261 g/mol. The largest absolute Gasteiger partial charge is 0.462 e. The van der Waals surface area contributed by atoms with E-state index in [-0.39, 0.29) is 23.7 Å². The van der Waals surface area contributed by atoms with E-state index in [2.05, 4.69) is 6.58 Å². The smallest absolute Gasteiger partial charge is 0.336 e. The normalized spacial score (nSPS) is 11.7. The molecular weight excluding hydrogens is 245 g/mol. The van der Waals surface area contributed by atoms with E-state index >= 15 is 0 Å². The van der Waals surface area contributed by atoms with E-state index in [0.717, 1.165) is 0 Å². The van der Waals surface area contributed by atoms with Gasteiger partial charge in [0.25, 0.3) is 0 Å². The first-order valence-electron chi connectivity index (χ1n) is 5.95. The summed E-state index contributed by atoms with van der Waals surface area (Å²) in [5.74, 6) is -0.569. The Balaban J connectivity index is 2.76. The highest BCUT2D eigenvalue weighted by Gasteiger charge is 2.22. The van der Waals surface area contributed by atoms with Crippen LogP contribution in [0.4, 0.5) is 4.39 Å². The quantitative estimate of drug-likeness (QED) is 0.603. The predicted molar refractivity (Wildman–Crippen MR) is 69.9 cm³/mol. The maximum absolute atomic E-state index is 14.1. The Kier molecular flexibility index (Phi) is 5.25. The van der Waals surface area contributed by atoms with Crippen LogP contribution >= 0.6 is 0 Å². The van der Waals surface area contributed by atoms with E-state index < -0.39 is 12.1 Å². The van der Waals surface area contributed by atoms with Crippen LogP contribution < -0.4 is 0 Å². The molecule has 1 atom stereocenters. The minimum atomic E-state index is -1.66. The Bertz CT molecular complexity index is 517. The third-order valence-corrected chi connectivity index (χ3v) is 2.42. The number of hydrogen-bond acceptors (Lipinski definition) is 3. The van der Waals surface area contributed by atoms with Crippen LogP contribution in [0.15, 0.2) is 36.4 Å².